The molecular weight excluding hydrogens is 466 g/mol. The number of methoxy groups -OCH3 is 1. The third-order valence-electron chi connectivity index (χ3n) is 4.78. The number of carbonyl (C=O) groups excluding carboxylic acids is 3. The molecule has 0 aromatic heterocycles. The molecule has 0 heterocycles. The number of nitriles is 1. The molecule has 0 bridgehead atoms. The highest BCUT2D eigenvalue weighted by molar-refractivity contribution is 8.00. The lowest BCUT2D eigenvalue weighted by Gasteiger charge is -2.15. The van der Waals surface area contributed by atoms with Gasteiger partial charge in [-0.25, -0.2) is 4.79 Å². The number of nitrogens with zero attached hydrogens (tertiary/aromatic N) is 1. The molecule has 0 radical (unpaired) electrons. The van der Waals surface area contributed by atoms with E-state index in [4.69, 9.17) is 14.7 Å². The Morgan fingerprint density at radius 3 is 2.51 bits per heavy atom. The molecule has 2 N–H and O–H groups in total. The number of carbonyl (C=O) groups is 3. The van der Waals surface area contributed by atoms with Crippen molar-refractivity contribution >= 4 is 40.9 Å². The van der Waals surface area contributed by atoms with Crippen molar-refractivity contribution < 1.29 is 23.9 Å². The molecule has 35 heavy (non-hydrogen) atoms. The van der Waals surface area contributed by atoms with Crippen LogP contribution in [0.3, 0.4) is 0 Å². The highest BCUT2D eigenvalue weighted by atomic mass is 32.2. The fourth-order valence-electron chi connectivity index (χ4n) is 3.00. The molecule has 0 fully saturated rings. The molecule has 8 nitrogen and oxygen atoms in total. The van der Waals surface area contributed by atoms with Crippen LogP contribution in [0.4, 0.5) is 11.4 Å². The molecule has 0 saturated heterocycles. The van der Waals surface area contributed by atoms with Crippen molar-refractivity contribution in [3.05, 3.63) is 83.9 Å². The lowest BCUT2D eigenvalue weighted by molar-refractivity contribution is -0.123. The first-order valence-electron chi connectivity index (χ1n) is 10.6. The fraction of sp³-hybridized carbons (Fsp3) is 0.154. The molecular formula is C26H23N3O5S. The Labute approximate surface area is 207 Å². The zero-order valence-corrected chi connectivity index (χ0v) is 19.9. The van der Waals surface area contributed by atoms with E-state index >= 15 is 0 Å². The molecule has 3 rings (SSSR count). The smallest absolute Gasteiger partial charge is 0.340 e. The van der Waals surface area contributed by atoms with Gasteiger partial charge in [-0.05, 0) is 43.3 Å². The lowest BCUT2D eigenvalue weighted by atomic mass is 10.2. The summed E-state index contributed by atoms with van der Waals surface area (Å²) in [6.07, 6.45) is -1.11. The maximum absolute atomic E-state index is 12.8. The van der Waals surface area contributed by atoms with E-state index in [1.807, 2.05) is 6.07 Å². The van der Waals surface area contributed by atoms with Crippen LogP contribution in [0.5, 0.6) is 5.75 Å². The Balaban J connectivity index is 1.60. The third kappa shape index (κ3) is 7.09. The van der Waals surface area contributed by atoms with E-state index in [-0.39, 0.29) is 17.2 Å². The van der Waals surface area contributed by atoms with Crippen LogP contribution in [0.25, 0.3) is 0 Å². The number of nitrogens with one attached hydrogen (secondary N) is 2. The highest BCUT2D eigenvalue weighted by Gasteiger charge is 2.22. The van der Waals surface area contributed by atoms with Gasteiger partial charge >= 0.3 is 5.97 Å². The molecule has 0 saturated carbocycles. The molecule has 0 spiro atoms. The number of hydrogen-bond acceptors (Lipinski definition) is 7. The van der Waals surface area contributed by atoms with Crippen LogP contribution in [0.1, 0.15) is 22.8 Å². The second-order valence-electron chi connectivity index (χ2n) is 7.26. The summed E-state index contributed by atoms with van der Waals surface area (Å²) in [5.41, 5.74) is 1.47. The minimum Gasteiger partial charge on any atom is -0.497 e. The van der Waals surface area contributed by atoms with Crippen molar-refractivity contribution in [2.24, 2.45) is 0 Å². The van der Waals surface area contributed by atoms with Gasteiger partial charge in [0, 0.05) is 16.6 Å². The van der Waals surface area contributed by atoms with E-state index in [1.165, 1.54) is 18.7 Å². The van der Waals surface area contributed by atoms with Gasteiger partial charge in [-0.15, -0.1) is 11.8 Å². The summed E-state index contributed by atoms with van der Waals surface area (Å²) >= 11 is 1.17. The van der Waals surface area contributed by atoms with Gasteiger partial charge in [0.05, 0.1) is 29.7 Å². The topological polar surface area (TPSA) is 118 Å². The van der Waals surface area contributed by atoms with Crippen LogP contribution in [-0.4, -0.2) is 36.8 Å². The summed E-state index contributed by atoms with van der Waals surface area (Å²) in [6, 6.07) is 22.2. The molecule has 0 aliphatic rings. The normalized spacial score (nSPS) is 11.0. The van der Waals surface area contributed by atoms with Gasteiger partial charge in [-0.2, -0.15) is 5.26 Å². The van der Waals surface area contributed by atoms with E-state index in [0.717, 1.165) is 0 Å². The summed E-state index contributed by atoms with van der Waals surface area (Å²) in [5, 5.41) is 14.5. The van der Waals surface area contributed by atoms with Crippen molar-refractivity contribution in [3.63, 3.8) is 0 Å². The average molecular weight is 490 g/mol. The summed E-state index contributed by atoms with van der Waals surface area (Å²) in [5.74, 6) is -0.836. The van der Waals surface area contributed by atoms with Gasteiger partial charge in [-0.3, -0.25) is 9.59 Å². The Morgan fingerprint density at radius 2 is 1.74 bits per heavy atom. The second kappa shape index (κ2) is 12.3. The SMILES string of the molecule is COc1cccc(NC(=O)CSc2ccccc2C(=O)OC(C)C(=O)Nc2ccccc2C#N)c1. The van der Waals surface area contributed by atoms with Crippen LogP contribution in [-0.2, 0) is 14.3 Å². The molecule has 9 heteroatoms. The maximum Gasteiger partial charge on any atom is 0.340 e. The van der Waals surface area contributed by atoms with Crippen LogP contribution in [0, 0.1) is 11.3 Å². The summed E-state index contributed by atoms with van der Waals surface area (Å²) in [4.78, 5) is 38.2. The van der Waals surface area contributed by atoms with E-state index in [9.17, 15) is 14.4 Å². The number of thioether (sulfide) groups is 1. The largest absolute Gasteiger partial charge is 0.497 e. The van der Waals surface area contributed by atoms with Gasteiger partial charge in [-0.1, -0.05) is 30.3 Å². The molecule has 3 aromatic rings. The quantitative estimate of drug-likeness (QED) is 0.336. The monoisotopic (exact) mass is 489 g/mol. The minimum absolute atomic E-state index is 0.0580. The van der Waals surface area contributed by atoms with Gasteiger partial charge in [0.15, 0.2) is 6.10 Å². The molecule has 0 aliphatic heterocycles. The van der Waals surface area contributed by atoms with Gasteiger partial charge < -0.3 is 20.1 Å². The molecule has 1 unspecified atom stereocenters. The predicted octanol–water partition coefficient (Wildman–Crippen LogP) is 4.48. The third-order valence-corrected chi connectivity index (χ3v) is 5.85. The summed E-state index contributed by atoms with van der Waals surface area (Å²) in [7, 11) is 1.54. The summed E-state index contributed by atoms with van der Waals surface area (Å²) < 4.78 is 10.5. The van der Waals surface area contributed by atoms with Crippen LogP contribution >= 0.6 is 11.8 Å². The first-order valence-corrected chi connectivity index (χ1v) is 11.6. The number of benzene rings is 3. The Morgan fingerprint density at radius 1 is 1.00 bits per heavy atom. The number of ether oxygens (including phenoxy) is 2. The number of anilines is 2. The molecule has 178 valence electrons. The van der Waals surface area contributed by atoms with Crippen molar-refractivity contribution in [1.29, 1.82) is 5.26 Å². The van der Waals surface area contributed by atoms with Crippen molar-refractivity contribution in [2.45, 2.75) is 17.9 Å². The van der Waals surface area contributed by atoms with Crippen LogP contribution in [0.15, 0.2) is 77.7 Å². The summed E-state index contributed by atoms with van der Waals surface area (Å²) in [6.45, 7) is 1.44. The average Bonchev–Trinajstić information content (AvgIpc) is 2.88. The van der Waals surface area contributed by atoms with E-state index in [1.54, 1.807) is 79.9 Å². The van der Waals surface area contributed by atoms with Crippen molar-refractivity contribution in [2.75, 3.05) is 23.5 Å². The number of para-hydroxylation sites is 1. The van der Waals surface area contributed by atoms with Gasteiger partial charge in [0.1, 0.15) is 11.8 Å². The van der Waals surface area contributed by atoms with Crippen molar-refractivity contribution in [1.82, 2.24) is 0 Å². The van der Waals surface area contributed by atoms with Crippen LogP contribution < -0.4 is 15.4 Å². The number of rotatable bonds is 9. The zero-order valence-electron chi connectivity index (χ0n) is 19.1. The van der Waals surface area contributed by atoms with E-state index in [0.29, 0.717) is 27.6 Å². The highest BCUT2D eigenvalue weighted by Crippen LogP contribution is 2.25. The maximum atomic E-state index is 12.8. The van der Waals surface area contributed by atoms with Crippen LogP contribution in [0.2, 0.25) is 0 Å². The Bertz CT molecular complexity index is 1270. The van der Waals surface area contributed by atoms with E-state index < -0.39 is 18.0 Å². The fourth-order valence-corrected chi connectivity index (χ4v) is 3.84. The Hall–Kier alpha value is -4.29. The molecule has 1 atom stereocenters. The Kier molecular flexibility index (Phi) is 8.87. The first-order chi connectivity index (χ1) is 16.9. The van der Waals surface area contributed by atoms with Gasteiger partial charge in [0.25, 0.3) is 5.91 Å². The molecule has 3 aromatic carbocycles. The first kappa shape index (κ1) is 25.3. The predicted molar refractivity (Wildman–Crippen MR) is 133 cm³/mol. The van der Waals surface area contributed by atoms with E-state index in [2.05, 4.69) is 10.6 Å². The van der Waals surface area contributed by atoms with Crippen molar-refractivity contribution in [3.8, 4) is 11.8 Å². The lowest BCUT2D eigenvalue weighted by Crippen LogP contribution is -2.30. The molecule has 2 amide bonds. The minimum atomic E-state index is -1.11. The standard InChI is InChI=1S/C26H23N3O5S/c1-17(25(31)29-22-12-5-3-8-18(22)15-27)34-26(32)21-11-4-6-13-23(21)35-16-24(30)28-19-9-7-10-20(14-19)33-2/h3-14,17H,16H2,1-2H3,(H,28,30)(H,29,31). The molecule has 0 aliphatic carbocycles. The number of hydrogen-bond donors (Lipinski definition) is 2. The van der Waals surface area contributed by atoms with Gasteiger partial charge in [0.2, 0.25) is 5.91 Å². The number of amides is 2. The zero-order chi connectivity index (χ0) is 25.2. The number of esters is 1. The second-order valence-corrected chi connectivity index (χ2v) is 8.28.